The lowest BCUT2D eigenvalue weighted by atomic mass is 10.0. The largest absolute Gasteiger partial charge is 0.343 e. The van der Waals surface area contributed by atoms with Crippen LogP contribution in [0.5, 0.6) is 0 Å². The molecule has 0 bridgehead atoms. The monoisotopic (exact) mass is 588 g/mol. The molecule has 4 amide bonds. The summed E-state index contributed by atoms with van der Waals surface area (Å²) in [5, 5.41) is 11.1. The van der Waals surface area contributed by atoms with Gasteiger partial charge in [0.2, 0.25) is 23.6 Å². The first-order valence-electron chi connectivity index (χ1n) is 13.5. The van der Waals surface area contributed by atoms with Crippen molar-refractivity contribution in [1.82, 2.24) is 10.6 Å². The van der Waals surface area contributed by atoms with Crippen molar-refractivity contribution in [2.24, 2.45) is 0 Å². The number of carbonyl (C=O) groups excluding carboxylic acids is 4. The van der Waals surface area contributed by atoms with Crippen molar-refractivity contribution in [3.8, 4) is 0 Å². The van der Waals surface area contributed by atoms with Gasteiger partial charge in [-0.15, -0.1) is 0 Å². The molecule has 0 saturated heterocycles. The molecule has 0 fully saturated rings. The lowest BCUT2D eigenvalue weighted by molar-refractivity contribution is -0.127. The molecule has 0 aliphatic heterocycles. The molecule has 2 atom stereocenters. The maximum atomic E-state index is 12.8. The van der Waals surface area contributed by atoms with E-state index in [0.717, 1.165) is 0 Å². The van der Waals surface area contributed by atoms with Gasteiger partial charge in [0.1, 0.15) is 12.1 Å². The molecule has 0 aliphatic rings. The Labute approximate surface area is 249 Å². The molecule has 0 aliphatic carbocycles. The number of hydrogen-bond acceptors (Lipinski definition) is 6. The van der Waals surface area contributed by atoms with E-state index in [-0.39, 0.29) is 36.5 Å². The number of nitrogens with one attached hydrogen (secondary N) is 4. The van der Waals surface area contributed by atoms with Crippen molar-refractivity contribution >= 4 is 60.3 Å². The second-order valence-corrected chi connectivity index (χ2v) is 12.5. The highest BCUT2D eigenvalue weighted by Gasteiger charge is 2.35. The van der Waals surface area contributed by atoms with Crippen molar-refractivity contribution < 1.29 is 19.2 Å². The van der Waals surface area contributed by atoms with Crippen LogP contribution in [-0.4, -0.2) is 45.2 Å². The molecule has 0 aromatic heterocycles. The molecule has 220 valence electrons. The first-order valence-corrected chi connectivity index (χ1v) is 14.4. The summed E-state index contributed by atoms with van der Waals surface area (Å²) in [6.45, 7) is 11.0. The molecule has 40 heavy (non-hydrogen) atoms. The van der Waals surface area contributed by atoms with Gasteiger partial charge in [0.05, 0.1) is 0 Å². The Hall–Kier alpha value is -2.98. The Morgan fingerprint density at radius 2 is 0.925 bits per heavy atom. The van der Waals surface area contributed by atoms with Crippen LogP contribution in [0.15, 0.2) is 60.7 Å². The molecule has 0 spiro atoms. The Kier molecular flexibility index (Phi) is 14.9. The molecule has 0 saturated carbocycles. The first kappa shape index (κ1) is 35.0. The topological polar surface area (TPSA) is 116 Å². The summed E-state index contributed by atoms with van der Waals surface area (Å²) >= 11 is 9.00. The van der Waals surface area contributed by atoms with Gasteiger partial charge < -0.3 is 21.3 Å². The van der Waals surface area contributed by atoms with Crippen molar-refractivity contribution in [2.45, 2.75) is 88.8 Å². The number of rotatable bonds is 13. The second-order valence-electron chi connectivity index (χ2n) is 10.2. The minimum atomic E-state index is -0.858. The van der Waals surface area contributed by atoms with Crippen LogP contribution >= 0.6 is 25.3 Å². The number of carbonyl (C=O) groups is 4. The van der Waals surface area contributed by atoms with Crippen molar-refractivity contribution in [3.05, 3.63) is 60.7 Å². The van der Waals surface area contributed by atoms with Gasteiger partial charge in [-0.25, -0.2) is 0 Å². The van der Waals surface area contributed by atoms with E-state index in [1.54, 1.807) is 76.2 Å². The number of benzene rings is 2. The van der Waals surface area contributed by atoms with Crippen LogP contribution in [-0.2, 0) is 19.2 Å². The van der Waals surface area contributed by atoms with Crippen molar-refractivity contribution in [2.75, 3.05) is 10.6 Å². The number of thiol groups is 2. The standard InChI is InChI=1S/C28H38N4O4S2.C2H6/c1-27(2,37)23(25(35)29-19-13-7-5-8-14-19)31-21(33)17-11-12-18-22(34)32-24(28(3,4)38)26(36)30-20-15-9-6-10-16-20;1-2/h5-10,13-16,23-24,37-38H,11-12,17-18H2,1-4H3,(H,29,35)(H,30,36)(H,31,33)(H,32,34);1-2H3. The molecule has 2 aromatic carbocycles. The average Bonchev–Trinajstić information content (AvgIpc) is 2.89. The summed E-state index contributed by atoms with van der Waals surface area (Å²) in [6.07, 6.45) is 1.15. The van der Waals surface area contributed by atoms with Gasteiger partial charge in [0, 0.05) is 33.7 Å². The average molecular weight is 589 g/mol. The molecular formula is C30H44N4O4S2. The van der Waals surface area contributed by atoms with E-state index in [1.807, 2.05) is 26.0 Å². The Balaban J connectivity index is 0.00000391. The number of unbranched alkanes of at least 4 members (excludes halogenated alkanes) is 1. The summed E-state index contributed by atoms with van der Waals surface area (Å²) in [5.74, 6) is -1.34. The number of hydrogen-bond donors (Lipinski definition) is 6. The van der Waals surface area contributed by atoms with Gasteiger partial charge >= 0.3 is 0 Å². The SMILES string of the molecule is CC.CC(C)(S)C(NC(=O)CCCCC(=O)NC(C(=O)Nc1ccccc1)C(C)(C)S)C(=O)Nc1ccccc1. The van der Waals surface area contributed by atoms with E-state index in [4.69, 9.17) is 0 Å². The smallest absolute Gasteiger partial charge is 0.248 e. The predicted octanol–water partition coefficient (Wildman–Crippen LogP) is 5.24. The Bertz CT molecular complexity index is 997. The maximum Gasteiger partial charge on any atom is 0.248 e. The zero-order chi connectivity index (χ0) is 30.3. The molecule has 0 heterocycles. The molecule has 2 rings (SSSR count). The summed E-state index contributed by atoms with van der Waals surface area (Å²) in [7, 11) is 0. The number of para-hydroxylation sites is 2. The highest BCUT2D eigenvalue weighted by atomic mass is 32.1. The lowest BCUT2D eigenvalue weighted by Gasteiger charge is -2.30. The zero-order valence-corrected chi connectivity index (χ0v) is 26.1. The molecule has 10 heteroatoms. The van der Waals surface area contributed by atoms with Gasteiger partial charge in [-0.2, -0.15) is 25.3 Å². The van der Waals surface area contributed by atoms with Crippen molar-refractivity contribution in [1.29, 1.82) is 0 Å². The van der Waals surface area contributed by atoms with E-state index in [1.165, 1.54) is 0 Å². The van der Waals surface area contributed by atoms with Gasteiger partial charge in [-0.05, 0) is 64.8 Å². The summed E-state index contributed by atoms with van der Waals surface area (Å²) in [5.41, 5.74) is 1.25. The fourth-order valence-electron chi connectivity index (χ4n) is 3.64. The fourth-order valence-corrected chi connectivity index (χ4v) is 4.00. The van der Waals surface area contributed by atoms with E-state index in [2.05, 4.69) is 46.5 Å². The van der Waals surface area contributed by atoms with Crippen LogP contribution in [0.2, 0.25) is 0 Å². The van der Waals surface area contributed by atoms with Gasteiger partial charge in [0.25, 0.3) is 0 Å². The second kappa shape index (κ2) is 17.0. The summed E-state index contributed by atoms with van der Waals surface area (Å²) < 4.78 is -1.60. The highest BCUT2D eigenvalue weighted by Crippen LogP contribution is 2.21. The van der Waals surface area contributed by atoms with E-state index in [9.17, 15) is 19.2 Å². The lowest BCUT2D eigenvalue weighted by Crippen LogP contribution is -2.53. The molecule has 4 N–H and O–H groups in total. The maximum absolute atomic E-state index is 12.8. The normalized spacial score (nSPS) is 12.6. The Morgan fingerprint density at radius 3 is 1.20 bits per heavy atom. The Morgan fingerprint density at radius 1 is 0.625 bits per heavy atom. The molecular weight excluding hydrogens is 544 g/mol. The molecule has 0 radical (unpaired) electrons. The van der Waals surface area contributed by atoms with Crippen LogP contribution in [0.4, 0.5) is 11.4 Å². The molecule has 2 aromatic rings. The summed E-state index contributed by atoms with van der Waals surface area (Å²) in [6, 6.07) is 16.2. The minimum Gasteiger partial charge on any atom is -0.343 e. The van der Waals surface area contributed by atoms with Gasteiger partial charge in [0.15, 0.2) is 0 Å². The minimum absolute atomic E-state index is 0.141. The van der Waals surface area contributed by atoms with Crippen molar-refractivity contribution in [3.63, 3.8) is 0 Å². The van der Waals surface area contributed by atoms with E-state index < -0.39 is 21.6 Å². The highest BCUT2D eigenvalue weighted by molar-refractivity contribution is 7.82. The summed E-state index contributed by atoms with van der Waals surface area (Å²) in [4.78, 5) is 50.8. The predicted molar refractivity (Wildman–Crippen MR) is 170 cm³/mol. The number of amides is 4. The van der Waals surface area contributed by atoms with Crippen LogP contribution < -0.4 is 21.3 Å². The molecule has 8 nitrogen and oxygen atoms in total. The fraction of sp³-hybridized carbons (Fsp3) is 0.467. The zero-order valence-electron chi connectivity index (χ0n) is 24.3. The van der Waals surface area contributed by atoms with Crippen LogP contribution in [0.1, 0.15) is 67.2 Å². The third-order valence-electron chi connectivity index (χ3n) is 5.69. The van der Waals surface area contributed by atoms with Gasteiger partial charge in [-0.3, -0.25) is 19.2 Å². The third kappa shape index (κ3) is 12.9. The van der Waals surface area contributed by atoms with Crippen LogP contribution in [0.25, 0.3) is 0 Å². The molecule has 2 unspecified atom stereocenters. The first-order chi connectivity index (χ1) is 18.8. The third-order valence-corrected chi connectivity index (χ3v) is 6.20. The quantitative estimate of drug-likeness (QED) is 0.142. The van der Waals surface area contributed by atoms with Crippen LogP contribution in [0, 0.1) is 0 Å². The van der Waals surface area contributed by atoms with E-state index >= 15 is 0 Å². The van der Waals surface area contributed by atoms with Crippen LogP contribution in [0.3, 0.4) is 0 Å². The number of anilines is 2. The van der Waals surface area contributed by atoms with E-state index in [0.29, 0.717) is 24.2 Å². The van der Waals surface area contributed by atoms with Gasteiger partial charge in [-0.1, -0.05) is 50.2 Å².